The second-order valence-electron chi connectivity index (χ2n) is 15.2. The van der Waals surface area contributed by atoms with Crippen LogP contribution in [0.4, 0.5) is 4.79 Å². The molecule has 3 nitrogen and oxygen atoms in total. The summed E-state index contributed by atoms with van der Waals surface area (Å²) in [4.78, 5) is 12.5. The van der Waals surface area contributed by atoms with Gasteiger partial charge >= 0.3 is 6.16 Å². The minimum Gasteiger partial charge on any atom is -0.434 e. The molecular formula is C38H66O3. The zero-order chi connectivity index (χ0) is 29.1. The average Bonchev–Trinajstić information content (AvgIpc) is 3.30. The van der Waals surface area contributed by atoms with Gasteiger partial charge in [0, 0.05) is 6.42 Å². The Balaban J connectivity index is 1.20. The van der Waals surface area contributed by atoms with Gasteiger partial charge in [-0.05, 0) is 92.3 Å². The van der Waals surface area contributed by atoms with Crippen molar-refractivity contribution in [3.05, 3.63) is 11.6 Å². The van der Waals surface area contributed by atoms with Crippen LogP contribution >= 0.6 is 0 Å². The van der Waals surface area contributed by atoms with E-state index in [-0.39, 0.29) is 6.10 Å². The molecule has 0 aromatic heterocycles. The van der Waals surface area contributed by atoms with Crippen molar-refractivity contribution < 1.29 is 14.3 Å². The molecule has 4 aliphatic carbocycles. The molecule has 0 unspecified atom stereocenters. The lowest BCUT2D eigenvalue weighted by molar-refractivity contribution is -0.0563. The van der Waals surface area contributed by atoms with E-state index in [1.54, 1.807) is 5.57 Å². The Hall–Kier alpha value is -0.990. The van der Waals surface area contributed by atoms with Crippen LogP contribution in [0.15, 0.2) is 11.6 Å². The van der Waals surface area contributed by atoms with Crippen LogP contribution in [0.1, 0.15) is 175 Å². The number of allylic oxidation sites excluding steroid dienone is 1. The van der Waals surface area contributed by atoms with Crippen molar-refractivity contribution in [1.82, 2.24) is 0 Å². The van der Waals surface area contributed by atoms with E-state index in [9.17, 15) is 4.79 Å². The van der Waals surface area contributed by atoms with E-state index >= 15 is 0 Å². The molecule has 0 radical (unpaired) electrons. The molecule has 7 atom stereocenters. The fourth-order valence-corrected chi connectivity index (χ4v) is 10.0. The van der Waals surface area contributed by atoms with E-state index in [0.717, 1.165) is 49.4 Å². The number of carbonyl (C=O) groups excluding carboxylic acids is 1. The van der Waals surface area contributed by atoms with E-state index in [2.05, 4.69) is 33.8 Å². The molecule has 3 saturated carbocycles. The molecule has 0 N–H and O–H groups in total. The minimum atomic E-state index is -0.438. The second kappa shape index (κ2) is 16.2. The predicted molar refractivity (Wildman–Crippen MR) is 172 cm³/mol. The average molecular weight is 571 g/mol. The number of carbonyl (C=O) groups is 1. The molecule has 0 amide bonds. The fourth-order valence-electron chi connectivity index (χ4n) is 10.0. The summed E-state index contributed by atoms with van der Waals surface area (Å²) >= 11 is 0. The summed E-state index contributed by atoms with van der Waals surface area (Å²) in [6, 6.07) is 0. The normalized spacial score (nSPS) is 34.3. The van der Waals surface area contributed by atoms with Crippen molar-refractivity contribution in [2.45, 2.75) is 181 Å². The smallest absolute Gasteiger partial charge is 0.434 e. The molecule has 0 spiro atoms. The number of hydrogen-bond donors (Lipinski definition) is 0. The Morgan fingerprint density at radius 3 is 2.15 bits per heavy atom. The number of ether oxygens (including phenoxy) is 2. The highest BCUT2D eigenvalue weighted by atomic mass is 16.7. The maximum atomic E-state index is 12.5. The molecule has 3 fully saturated rings. The summed E-state index contributed by atoms with van der Waals surface area (Å²) in [6.45, 7) is 10.3. The Kier molecular flexibility index (Phi) is 13.0. The molecule has 0 heterocycles. The van der Waals surface area contributed by atoms with Gasteiger partial charge in [0.2, 0.25) is 0 Å². The third-order valence-electron chi connectivity index (χ3n) is 12.6. The molecule has 0 saturated heterocycles. The number of fused-ring (bicyclic) bond motifs is 5. The van der Waals surface area contributed by atoms with Gasteiger partial charge in [0.05, 0.1) is 6.61 Å². The molecule has 0 aromatic carbocycles. The standard InChI is InChI=1S/C38H66O3/c1-5-7-9-11-13-14-16-18-28-40-36(39)41-32-24-26-38(4)31(29-32)20-22-33-34-23-21-30(19-17-15-12-10-8-6-2)37(34,3)27-25-35(33)38/h20,30,32-35H,5-19,21-29H2,1-4H3/t30-,32+,33+,34-,35+,37-,38+/m1/s1. The molecule has 236 valence electrons. The summed E-state index contributed by atoms with van der Waals surface area (Å²) in [5.74, 6) is 3.56. The fraction of sp³-hybridized carbons (Fsp3) is 0.921. The van der Waals surface area contributed by atoms with Crippen molar-refractivity contribution in [3.63, 3.8) is 0 Å². The summed E-state index contributed by atoms with van der Waals surface area (Å²) in [5, 5.41) is 0. The molecular weight excluding hydrogens is 504 g/mol. The third-order valence-corrected chi connectivity index (χ3v) is 12.6. The number of hydrogen-bond acceptors (Lipinski definition) is 3. The van der Waals surface area contributed by atoms with Crippen LogP contribution in [0.3, 0.4) is 0 Å². The van der Waals surface area contributed by atoms with Crippen LogP contribution in [0, 0.1) is 34.5 Å². The first-order valence-corrected chi connectivity index (χ1v) is 18.4. The monoisotopic (exact) mass is 571 g/mol. The maximum absolute atomic E-state index is 12.5. The minimum absolute atomic E-state index is 0.000940. The van der Waals surface area contributed by atoms with Crippen molar-refractivity contribution in [3.8, 4) is 0 Å². The Morgan fingerprint density at radius 2 is 1.44 bits per heavy atom. The van der Waals surface area contributed by atoms with Crippen molar-refractivity contribution in [2.24, 2.45) is 34.5 Å². The van der Waals surface area contributed by atoms with E-state index < -0.39 is 6.16 Å². The van der Waals surface area contributed by atoms with Gasteiger partial charge in [-0.25, -0.2) is 4.79 Å². The maximum Gasteiger partial charge on any atom is 0.508 e. The van der Waals surface area contributed by atoms with Crippen molar-refractivity contribution in [1.29, 1.82) is 0 Å². The summed E-state index contributed by atoms with van der Waals surface area (Å²) in [7, 11) is 0. The SMILES string of the molecule is CCCCCCCCCCOC(=O)O[C@H]1CC[C@@]2(C)C(=CC[C@H]3[C@H]4CC[C@@H](CCCCCCCC)[C@@]4(C)CC[C@@H]32)C1. The molecule has 0 aliphatic heterocycles. The van der Waals surface area contributed by atoms with Gasteiger partial charge in [-0.3, -0.25) is 0 Å². The first-order chi connectivity index (χ1) is 19.9. The highest BCUT2D eigenvalue weighted by molar-refractivity contribution is 5.60. The van der Waals surface area contributed by atoms with Crippen molar-refractivity contribution in [2.75, 3.05) is 6.61 Å². The first kappa shape index (κ1) is 32.9. The van der Waals surface area contributed by atoms with Crippen molar-refractivity contribution >= 4 is 6.16 Å². The summed E-state index contributed by atoms with van der Waals surface area (Å²) in [5.41, 5.74) is 2.48. The van der Waals surface area contributed by atoms with Gasteiger partial charge in [-0.2, -0.15) is 0 Å². The lowest BCUT2D eigenvalue weighted by Crippen LogP contribution is -2.50. The van der Waals surface area contributed by atoms with Crippen LogP contribution in [0.25, 0.3) is 0 Å². The number of rotatable bonds is 17. The van der Waals surface area contributed by atoms with Crippen LogP contribution in [0.2, 0.25) is 0 Å². The molecule has 4 rings (SSSR count). The van der Waals surface area contributed by atoms with Gasteiger partial charge in [-0.15, -0.1) is 0 Å². The van der Waals surface area contributed by atoms with Crippen LogP contribution < -0.4 is 0 Å². The second-order valence-corrected chi connectivity index (χ2v) is 15.2. The van der Waals surface area contributed by atoms with E-state index in [0.29, 0.717) is 17.4 Å². The van der Waals surface area contributed by atoms with Crippen LogP contribution in [-0.4, -0.2) is 18.9 Å². The largest absolute Gasteiger partial charge is 0.508 e. The van der Waals surface area contributed by atoms with E-state index in [1.807, 2.05) is 0 Å². The topological polar surface area (TPSA) is 35.5 Å². The lowest BCUT2D eigenvalue weighted by atomic mass is 9.47. The molecule has 3 heteroatoms. The Bertz CT molecular complexity index is 818. The molecule has 4 aliphatic rings. The Labute approximate surface area is 254 Å². The highest BCUT2D eigenvalue weighted by Gasteiger charge is 2.58. The van der Waals surface area contributed by atoms with Gasteiger partial charge < -0.3 is 9.47 Å². The van der Waals surface area contributed by atoms with E-state index in [4.69, 9.17) is 9.47 Å². The third kappa shape index (κ3) is 8.35. The van der Waals surface area contributed by atoms with Gasteiger partial charge in [0.1, 0.15) is 6.10 Å². The van der Waals surface area contributed by atoms with Gasteiger partial charge in [0.25, 0.3) is 0 Å². The zero-order valence-electron chi connectivity index (χ0n) is 27.7. The molecule has 41 heavy (non-hydrogen) atoms. The Morgan fingerprint density at radius 1 is 0.780 bits per heavy atom. The number of unbranched alkanes of at least 4 members (excludes halogenated alkanes) is 12. The summed E-state index contributed by atoms with van der Waals surface area (Å²) < 4.78 is 11.3. The summed E-state index contributed by atoms with van der Waals surface area (Å²) in [6.07, 6.45) is 32.3. The van der Waals surface area contributed by atoms with Gasteiger partial charge in [0.15, 0.2) is 0 Å². The van der Waals surface area contributed by atoms with Crippen LogP contribution in [0.5, 0.6) is 0 Å². The molecule has 0 aromatic rings. The molecule has 0 bridgehead atoms. The van der Waals surface area contributed by atoms with E-state index in [1.165, 1.54) is 122 Å². The quantitative estimate of drug-likeness (QED) is 0.0991. The zero-order valence-corrected chi connectivity index (χ0v) is 27.7. The predicted octanol–water partition coefficient (Wildman–Crippen LogP) is 12.0. The van der Waals surface area contributed by atoms with Gasteiger partial charge in [-0.1, -0.05) is 123 Å². The lowest BCUT2D eigenvalue weighted by Gasteiger charge is -2.58. The van der Waals surface area contributed by atoms with Crippen LogP contribution in [-0.2, 0) is 9.47 Å². The highest BCUT2D eigenvalue weighted by Crippen LogP contribution is 2.66. The first-order valence-electron chi connectivity index (χ1n) is 18.4.